The van der Waals surface area contributed by atoms with Crippen molar-refractivity contribution < 1.29 is 4.79 Å². The molecule has 0 aliphatic heterocycles. The Morgan fingerprint density at radius 2 is 2.21 bits per heavy atom. The molecular weight excluding hydrogens is 394 g/mol. The van der Waals surface area contributed by atoms with Crippen LogP contribution in [0.1, 0.15) is 27.4 Å². The van der Waals surface area contributed by atoms with Crippen molar-refractivity contribution in [3.05, 3.63) is 62.6 Å². The largest absolute Gasteiger partial charge is 0.317 e. The molecule has 124 valence electrons. The first kappa shape index (κ1) is 16.7. The standard InChI is InChI=1S/C16H15BrClN5O/c1-9-14(20-16(24)15-13(17)7-19-21-15)10(2)23(22-9)8-11-4-3-5-12(18)6-11/h3-7H,8H2,1-2H3,(H,19,21)(H,20,24). The molecule has 6 nitrogen and oxygen atoms in total. The summed E-state index contributed by atoms with van der Waals surface area (Å²) in [5.74, 6) is -0.270. The average molecular weight is 409 g/mol. The average Bonchev–Trinajstić information content (AvgIpc) is 3.06. The lowest BCUT2D eigenvalue weighted by Gasteiger charge is -2.07. The molecule has 1 aromatic carbocycles. The Kier molecular flexibility index (Phi) is 4.73. The number of aromatic amines is 1. The number of carbonyl (C=O) groups excluding carboxylic acids is 1. The van der Waals surface area contributed by atoms with E-state index in [1.165, 1.54) is 6.20 Å². The summed E-state index contributed by atoms with van der Waals surface area (Å²) in [6, 6.07) is 7.63. The van der Waals surface area contributed by atoms with Crippen LogP contribution in [0.5, 0.6) is 0 Å². The fraction of sp³-hybridized carbons (Fsp3) is 0.188. The van der Waals surface area contributed by atoms with E-state index in [0.29, 0.717) is 27.4 Å². The first-order valence-corrected chi connectivity index (χ1v) is 8.41. The second kappa shape index (κ2) is 6.78. The van der Waals surface area contributed by atoms with Crippen LogP contribution in [0.15, 0.2) is 34.9 Å². The maximum absolute atomic E-state index is 12.3. The van der Waals surface area contributed by atoms with Gasteiger partial charge < -0.3 is 5.32 Å². The number of amides is 1. The molecule has 0 saturated heterocycles. The van der Waals surface area contributed by atoms with Gasteiger partial charge in [-0.1, -0.05) is 23.7 Å². The van der Waals surface area contributed by atoms with Gasteiger partial charge in [0.25, 0.3) is 5.91 Å². The Bertz CT molecular complexity index is 902. The van der Waals surface area contributed by atoms with Crippen LogP contribution in [0.25, 0.3) is 0 Å². The van der Waals surface area contributed by atoms with E-state index in [9.17, 15) is 4.79 Å². The molecule has 0 aliphatic rings. The highest BCUT2D eigenvalue weighted by molar-refractivity contribution is 9.10. The lowest BCUT2D eigenvalue weighted by Crippen LogP contribution is -2.14. The monoisotopic (exact) mass is 407 g/mol. The van der Waals surface area contributed by atoms with Crippen LogP contribution in [0.2, 0.25) is 5.02 Å². The summed E-state index contributed by atoms with van der Waals surface area (Å²) in [5, 5.41) is 14.6. The molecule has 0 radical (unpaired) electrons. The quantitative estimate of drug-likeness (QED) is 0.686. The lowest BCUT2D eigenvalue weighted by molar-refractivity contribution is 0.102. The SMILES string of the molecule is Cc1nn(Cc2cccc(Cl)c2)c(C)c1NC(=O)c1[nH]ncc1Br. The number of aryl methyl sites for hydroxylation is 1. The zero-order chi connectivity index (χ0) is 17.3. The van der Waals surface area contributed by atoms with E-state index >= 15 is 0 Å². The highest BCUT2D eigenvalue weighted by Crippen LogP contribution is 2.23. The molecule has 0 unspecified atom stereocenters. The van der Waals surface area contributed by atoms with E-state index in [2.05, 4.69) is 36.5 Å². The zero-order valence-corrected chi connectivity index (χ0v) is 15.4. The molecule has 0 atom stereocenters. The predicted molar refractivity (Wildman–Crippen MR) is 96.5 cm³/mol. The van der Waals surface area contributed by atoms with Crippen LogP contribution < -0.4 is 5.32 Å². The molecule has 2 heterocycles. The van der Waals surface area contributed by atoms with E-state index in [4.69, 9.17) is 11.6 Å². The summed E-state index contributed by atoms with van der Waals surface area (Å²) in [5.41, 5.74) is 3.73. The van der Waals surface area contributed by atoms with Gasteiger partial charge in [0.1, 0.15) is 5.69 Å². The smallest absolute Gasteiger partial charge is 0.274 e. The maximum atomic E-state index is 12.3. The molecule has 0 spiro atoms. The van der Waals surface area contributed by atoms with Crippen molar-refractivity contribution in [2.75, 3.05) is 5.32 Å². The van der Waals surface area contributed by atoms with Crippen LogP contribution in [0.3, 0.4) is 0 Å². The first-order chi connectivity index (χ1) is 11.5. The van der Waals surface area contributed by atoms with E-state index in [1.54, 1.807) is 0 Å². The molecule has 3 aromatic rings. The minimum atomic E-state index is -0.270. The van der Waals surface area contributed by atoms with E-state index in [0.717, 1.165) is 17.0 Å². The van der Waals surface area contributed by atoms with Gasteiger partial charge in [-0.15, -0.1) is 0 Å². The molecule has 8 heteroatoms. The predicted octanol–water partition coefficient (Wildman–Crippen LogP) is 3.94. The highest BCUT2D eigenvalue weighted by Gasteiger charge is 2.18. The van der Waals surface area contributed by atoms with Gasteiger partial charge in [-0.3, -0.25) is 14.6 Å². The second-order valence-corrected chi connectivity index (χ2v) is 6.67. The Morgan fingerprint density at radius 1 is 1.42 bits per heavy atom. The number of anilines is 1. The van der Waals surface area contributed by atoms with Gasteiger partial charge in [-0.25, -0.2) is 0 Å². The third-order valence-electron chi connectivity index (χ3n) is 3.66. The van der Waals surface area contributed by atoms with Gasteiger partial charge in [0.15, 0.2) is 0 Å². The number of carbonyl (C=O) groups is 1. The van der Waals surface area contributed by atoms with Crippen molar-refractivity contribution in [2.24, 2.45) is 0 Å². The zero-order valence-electron chi connectivity index (χ0n) is 13.1. The van der Waals surface area contributed by atoms with Crippen molar-refractivity contribution in [1.82, 2.24) is 20.0 Å². The number of nitrogens with one attached hydrogen (secondary N) is 2. The number of aromatic nitrogens is 4. The van der Waals surface area contributed by atoms with Gasteiger partial charge in [-0.2, -0.15) is 10.2 Å². The maximum Gasteiger partial charge on any atom is 0.274 e. The molecule has 24 heavy (non-hydrogen) atoms. The van der Waals surface area contributed by atoms with Crippen LogP contribution >= 0.6 is 27.5 Å². The van der Waals surface area contributed by atoms with Crippen molar-refractivity contribution in [3.63, 3.8) is 0 Å². The second-order valence-electron chi connectivity index (χ2n) is 5.38. The molecule has 1 amide bonds. The van der Waals surface area contributed by atoms with Gasteiger partial charge in [-0.05, 0) is 47.5 Å². The topological polar surface area (TPSA) is 75.6 Å². The first-order valence-electron chi connectivity index (χ1n) is 7.24. The van der Waals surface area contributed by atoms with Crippen LogP contribution in [0, 0.1) is 13.8 Å². The van der Waals surface area contributed by atoms with Crippen molar-refractivity contribution in [2.45, 2.75) is 20.4 Å². The van der Waals surface area contributed by atoms with Gasteiger partial charge >= 0.3 is 0 Å². The Hall–Kier alpha value is -2.12. The van der Waals surface area contributed by atoms with E-state index in [-0.39, 0.29) is 5.91 Å². The highest BCUT2D eigenvalue weighted by atomic mass is 79.9. The third-order valence-corrected chi connectivity index (χ3v) is 4.50. The number of H-pyrrole nitrogens is 1. The molecule has 0 bridgehead atoms. The lowest BCUT2D eigenvalue weighted by atomic mass is 10.2. The van der Waals surface area contributed by atoms with Gasteiger partial charge in [0.2, 0.25) is 0 Å². The van der Waals surface area contributed by atoms with Crippen molar-refractivity contribution in [3.8, 4) is 0 Å². The Labute approximate surface area is 152 Å². The summed E-state index contributed by atoms with van der Waals surface area (Å²) in [6.45, 7) is 4.36. The molecule has 0 aliphatic carbocycles. The molecule has 0 saturated carbocycles. The molecule has 0 fully saturated rings. The molecular formula is C16H15BrClN5O. The third kappa shape index (κ3) is 3.37. The summed E-state index contributed by atoms with van der Waals surface area (Å²) >= 11 is 9.31. The van der Waals surface area contributed by atoms with Crippen LogP contribution in [-0.2, 0) is 6.54 Å². The van der Waals surface area contributed by atoms with E-state index < -0.39 is 0 Å². The summed E-state index contributed by atoms with van der Waals surface area (Å²) in [7, 11) is 0. The molecule has 2 aromatic heterocycles. The summed E-state index contributed by atoms with van der Waals surface area (Å²) < 4.78 is 2.46. The number of hydrogen-bond acceptors (Lipinski definition) is 3. The van der Waals surface area contributed by atoms with Crippen molar-refractivity contribution in [1.29, 1.82) is 0 Å². The minimum absolute atomic E-state index is 0.270. The Balaban J connectivity index is 1.84. The number of hydrogen-bond donors (Lipinski definition) is 2. The Morgan fingerprint density at radius 3 is 2.88 bits per heavy atom. The fourth-order valence-electron chi connectivity index (χ4n) is 2.45. The van der Waals surface area contributed by atoms with Crippen molar-refractivity contribution >= 4 is 39.1 Å². The van der Waals surface area contributed by atoms with E-state index in [1.807, 2.05) is 42.8 Å². The minimum Gasteiger partial charge on any atom is -0.317 e. The summed E-state index contributed by atoms with van der Waals surface area (Å²) in [6.07, 6.45) is 1.54. The number of benzene rings is 1. The fourth-order valence-corrected chi connectivity index (χ4v) is 3.03. The molecule has 3 rings (SSSR count). The number of halogens is 2. The summed E-state index contributed by atoms with van der Waals surface area (Å²) in [4.78, 5) is 12.3. The van der Waals surface area contributed by atoms with Crippen LogP contribution in [0.4, 0.5) is 5.69 Å². The van der Waals surface area contributed by atoms with Gasteiger partial charge in [0.05, 0.1) is 34.3 Å². The number of nitrogens with zero attached hydrogens (tertiary/aromatic N) is 3. The van der Waals surface area contributed by atoms with Gasteiger partial charge in [0, 0.05) is 5.02 Å². The molecule has 2 N–H and O–H groups in total. The normalized spacial score (nSPS) is 10.8. The van der Waals surface area contributed by atoms with Crippen LogP contribution in [-0.4, -0.2) is 25.9 Å². The number of rotatable bonds is 4.